The first kappa shape index (κ1) is 7.41. The molecule has 0 spiro atoms. The molecule has 66 valence electrons. The number of imidazole rings is 1. The smallest absolute Gasteiger partial charge is 0.335 e. The third-order valence-corrected chi connectivity index (χ3v) is 3.28. The van der Waals surface area contributed by atoms with Crippen molar-refractivity contribution in [1.29, 1.82) is 0 Å². The van der Waals surface area contributed by atoms with Crippen molar-refractivity contribution in [2.24, 2.45) is 0 Å². The van der Waals surface area contributed by atoms with Crippen LogP contribution in [-0.4, -0.2) is 18.1 Å². The van der Waals surface area contributed by atoms with Crippen LogP contribution >= 0.6 is 0 Å². The molecular weight excluding hydrogens is 182 g/mol. The summed E-state index contributed by atoms with van der Waals surface area (Å²) < 4.78 is 22.9. The minimum Gasteiger partial charge on any atom is -0.335 e. The van der Waals surface area contributed by atoms with Gasteiger partial charge in [-0.1, -0.05) is 0 Å². The molecule has 6 nitrogen and oxygen atoms in total. The summed E-state index contributed by atoms with van der Waals surface area (Å²) in [6.45, 7) is 0. The van der Waals surface area contributed by atoms with Crippen molar-refractivity contribution in [3.63, 3.8) is 0 Å². The first-order valence-electron chi connectivity index (χ1n) is 3.28. The summed E-state index contributed by atoms with van der Waals surface area (Å²) in [6, 6.07) is 0. The van der Waals surface area contributed by atoms with E-state index in [9.17, 15) is 13.2 Å². The largest absolute Gasteiger partial charge is 0.344 e. The predicted octanol–water partition coefficient (Wildman–Crippen LogP) is -1.68. The lowest BCUT2D eigenvalue weighted by Crippen LogP contribution is -2.26. The molecule has 3 N–H and O–H groups in total. The van der Waals surface area contributed by atoms with Crippen LogP contribution in [0.25, 0.3) is 0 Å². The van der Waals surface area contributed by atoms with Gasteiger partial charge in [-0.2, -0.15) is 0 Å². The Balaban J connectivity index is 2.68. The molecule has 0 saturated carbocycles. The molecule has 7 heteroatoms. The summed E-state index contributed by atoms with van der Waals surface area (Å²) in [6.07, 6.45) is 0. The Morgan fingerprint density at radius 2 is 2.08 bits per heavy atom. The molecule has 0 fully saturated rings. The third kappa shape index (κ3) is 0.860. The number of fused-ring (bicyclic) bond motifs is 1. The number of H-pyrrole nitrogens is 1. The average Bonchev–Trinajstić information content (AvgIpc) is 2.33. The van der Waals surface area contributed by atoms with Crippen LogP contribution in [-0.2, 0) is 21.3 Å². The fourth-order valence-corrected chi connectivity index (χ4v) is 2.80. The number of aromatic nitrogens is 2. The van der Waals surface area contributed by atoms with E-state index >= 15 is 0 Å². The number of aromatic amines is 1. The summed E-state index contributed by atoms with van der Waals surface area (Å²) in [5.41, 5.74) is 0.331. The van der Waals surface area contributed by atoms with Crippen LogP contribution in [0.4, 0.5) is 0 Å². The van der Waals surface area contributed by atoms with E-state index in [1.54, 1.807) is 0 Å². The molecule has 0 atom stereocenters. The van der Waals surface area contributed by atoms with Gasteiger partial charge < -0.3 is 10.8 Å². The van der Waals surface area contributed by atoms with Gasteiger partial charge in [0.05, 0.1) is 22.9 Å². The molecule has 0 amide bonds. The van der Waals surface area contributed by atoms with E-state index in [1.165, 1.54) is 0 Å². The normalized spacial score (nSPS) is 19.3. The summed E-state index contributed by atoms with van der Waals surface area (Å²) >= 11 is 0. The van der Waals surface area contributed by atoms with Gasteiger partial charge in [0.1, 0.15) is 0 Å². The highest BCUT2D eigenvalue weighted by molar-refractivity contribution is 7.90. The first-order valence-corrected chi connectivity index (χ1v) is 5.10. The predicted molar refractivity (Wildman–Crippen MR) is 41.5 cm³/mol. The number of nitrogens with zero attached hydrogens (tertiary/aromatic N) is 1. The Bertz CT molecular complexity index is 481. The lowest BCUT2D eigenvalue weighted by molar-refractivity contribution is 0.596. The van der Waals surface area contributed by atoms with Gasteiger partial charge in [0.25, 0.3) is 0 Å². The van der Waals surface area contributed by atoms with Crippen molar-refractivity contribution in [3.8, 4) is 0 Å². The summed E-state index contributed by atoms with van der Waals surface area (Å²) in [4.78, 5) is 13.2. The molecule has 2 heterocycles. The quantitative estimate of drug-likeness (QED) is 0.476. The zero-order chi connectivity index (χ0) is 8.93. The van der Waals surface area contributed by atoms with Crippen molar-refractivity contribution in [2.45, 2.75) is 11.5 Å². The molecule has 1 aliphatic heterocycles. The van der Waals surface area contributed by atoms with Gasteiger partial charge >= 0.3 is 5.69 Å². The van der Waals surface area contributed by atoms with Crippen molar-refractivity contribution in [2.75, 3.05) is 5.84 Å². The highest BCUT2D eigenvalue weighted by atomic mass is 32.2. The molecule has 0 aromatic carbocycles. The van der Waals surface area contributed by atoms with Crippen LogP contribution in [0.15, 0.2) is 4.79 Å². The molecule has 0 saturated heterocycles. The van der Waals surface area contributed by atoms with E-state index in [1.807, 2.05) is 0 Å². The Morgan fingerprint density at radius 1 is 1.42 bits per heavy atom. The van der Waals surface area contributed by atoms with Gasteiger partial charge in [0.15, 0.2) is 9.84 Å². The maximum Gasteiger partial charge on any atom is 0.344 e. The van der Waals surface area contributed by atoms with Gasteiger partial charge in [-0.05, 0) is 0 Å². The second kappa shape index (κ2) is 1.92. The van der Waals surface area contributed by atoms with E-state index in [2.05, 4.69) is 4.98 Å². The highest BCUT2D eigenvalue weighted by Crippen LogP contribution is 2.20. The maximum atomic E-state index is 11.0. The average molecular weight is 189 g/mol. The molecule has 0 aliphatic carbocycles. The molecule has 1 aromatic rings. The van der Waals surface area contributed by atoms with Crippen molar-refractivity contribution >= 4 is 9.84 Å². The minimum absolute atomic E-state index is 0.109. The van der Waals surface area contributed by atoms with E-state index in [4.69, 9.17) is 5.84 Å². The second-order valence-electron chi connectivity index (χ2n) is 2.76. The molecular formula is C5H7N3O3S. The van der Waals surface area contributed by atoms with E-state index in [0.717, 1.165) is 4.68 Å². The lowest BCUT2D eigenvalue weighted by atomic mass is 10.4. The van der Waals surface area contributed by atoms with Gasteiger partial charge in [-0.25, -0.2) is 17.9 Å². The highest BCUT2D eigenvalue weighted by Gasteiger charge is 2.29. The zero-order valence-electron chi connectivity index (χ0n) is 6.07. The van der Waals surface area contributed by atoms with Crippen LogP contribution in [0.3, 0.4) is 0 Å². The summed E-state index contributed by atoms with van der Waals surface area (Å²) in [7, 11) is -3.07. The van der Waals surface area contributed by atoms with Crippen molar-refractivity contribution < 1.29 is 8.42 Å². The molecule has 0 radical (unpaired) electrons. The number of nitrogens with one attached hydrogen (secondary N) is 1. The molecule has 12 heavy (non-hydrogen) atoms. The Hall–Kier alpha value is -1.24. The number of nitrogens with two attached hydrogens (primary N) is 1. The Labute approximate surface area is 67.9 Å². The number of hydrogen-bond acceptors (Lipinski definition) is 4. The molecule has 1 aromatic heterocycles. The number of hydrogen-bond donors (Lipinski definition) is 2. The summed E-state index contributed by atoms with van der Waals surface area (Å²) in [5.74, 6) is 5.03. The molecule has 0 unspecified atom stereocenters. The monoisotopic (exact) mass is 189 g/mol. The Kier molecular flexibility index (Phi) is 1.18. The van der Waals surface area contributed by atoms with Gasteiger partial charge in [-0.15, -0.1) is 0 Å². The number of rotatable bonds is 0. The molecule has 1 aliphatic rings. The standard InChI is InChI=1S/C5H7N3O3S/c6-8-4-2-12(10,11)1-3(4)7-5(8)9/h1-2,6H2,(H,7,9). The van der Waals surface area contributed by atoms with Gasteiger partial charge in [0, 0.05) is 0 Å². The maximum absolute atomic E-state index is 11.0. The van der Waals surface area contributed by atoms with E-state index < -0.39 is 15.5 Å². The van der Waals surface area contributed by atoms with E-state index in [0.29, 0.717) is 11.4 Å². The van der Waals surface area contributed by atoms with Crippen LogP contribution in [0.5, 0.6) is 0 Å². The second-order valence-corrected chi connectivity index (χ2v) is 4.82. The first-order chi connectivity index (χ1) is 5.49. The SMILES string of the molecule is Nn1c2c([nH]c1=O)CS(=O)(=O)C2. The van der Waals surface area contributed by atoms with Crippen LogP contribution in [0.2, 0.25) is 0 Å². The molecule has 0 bridgehead atoms. The summed E-state index contributed by atoms with van der Waals surface area (Å²) in [5, 5.41) is 0. The Morgan fingerprint density at radius 3 is 2.67 bits per heavy atom. The van der Waals surface area contributed by atoms with Gasteiger partial charge in [0.2, 0.25) is 0 Å². The lowest BCUT2D eigenvalue weighted by Gasteiger charge is -1.92. The topological polar surface area (TPSA) is 97.9 Å². The zero-order valence-corrected chi connectivity index (χ0v) is 6.89. The van der Waals surface area contributed by atoms with Crippen LogP contribution in [0.1, 0.15) is 11.4 Å². The van der Waals surface area contributed by atoms with Crippen LogP contribution in [0, 0.1) is 0 Å². The molecule has 2 rings (SSSR count). The third-order valence-electron chi connectivity index (χ3n) is 1.84. The van der Waals surface area contributed by atoms with Crippen molar-refractivity contribution in [3.05, 3.63) is 21.9 Å². The fourth-order valence-electron chi connectivity index (χ4n) is 1.28. The van der Waals surface area contributed by atoms with Crippen molar-refractivity contribution in [1.82, 2.24) is 9.66 Å². The fraction of sp³-hybridized carbons (Fsp3) is 0.400. The van der Waals surface area contributed by atoms with Crippen LogP contribution < -0.4 is 11.5 Å². The van der Waals surface area contributed by atoms with Gasteiger partial charge in [-0.3, -0.25) is 0 Å². The number of sulfone groups is 1. The van der Waals surface area contributed by atoms with E-state index in [-0.39, 0.29) is 11.5 Å². The number of nitrogen functional groups attached to an aromatic ring is 1. The minimum atomic E-state index is -3.07.